The number of benzene rings is 1. The average molecular weight is 360 g/mol. The molecule has 0 atom stereocenters. The summed E-state index contributed by atoms with van der Waals surface area (Å²) in [5.74, 6) is 0. The number of hydrogen-bond acceptors (Lipinski definition) is 3. The van der Waals surface area contributed by atoms with Crippen LogP contribution in [-0.2, 0) is 16.8 Å². The smallest absolute Gasteiger partial charge is 0.386 e. The molecular weight excluding hydrogens is 342 g/mol. The summed E-state index contributed by atoms with van der Waals surface area (Å²) in [6.07, 6.45) is -12.1. The van der Waals surface area contributed by atoms with Crippen LogP contribution in [0.3, 0.4) is 0 Å². The molecule has 9 heteroatoms. The maximum atomic E-state index is 13.0. The van der Waals surface area contributed by atoms with Crippen LogP contribution in [0, 0.1) is 0 Å². The number of alkyl halides is 6. The second-order valence-electron chi connectivity index (χ2n) is 6.62. The SMILES string of the molecule is CC(C)(O)c1cc(C(C)(C)O)cc(C(O)(C(F)(F)F)C(F)(F)F)c1. The van der Waals surface area contributed by atoms with Gasteiger partial charge in [-0.15, -0.1) is 0 Å². The Hall–Kier alpha value is -1.32. The molecule has 0 heterocycles. The molecule has 0 radical (unpaired) electrons. The molecule has 1 rings (SSSR count). The molecule has 0 amide bonds. The molecule has 138 valence electrons. The predicted octanol–water partition coefficient (Wildman–Crippen LogP) is 3.45. The molecule has 0 aliphatic heterocycles. The molecule has 0 unspecified atom stereocenters. The molecule has 0 aliphatic rings. The van der Waals surface area contributed by atoms with Crippen molar-refractivity contribution in [3.63, 3.8) is 0 Å². The van der Waals surface area contributed by atoms with Gasteiger partial charge in [-0.05, 0) is 51.0 Å². The van der Waals surface area contributed by atoms with Crippen LogP contribution in [0.4, 0.5) is 26.3 Å². The molecule has 1 aromatic rings. The van der Waals surface area contributed by atoms with Crippen LogP contribution in [-0.4, -0.2) is 27.7 Å². The van der Waals surface area contributed by atoms with Gasteiger partial charge in [0.15, 0.2) is 0 Å². The molecule has 0 aromatic heterocycles. The topological polar surface area (TPSA) is 60.7 Å². The zero-order chi connectivity index (χ0) is 19.4. The van der Waals surface area contributed by atoms with Gasteiger partial charge in [-0.25, -0.2) is 0 Å². The molecule has 3 N–H and O–H groups in total. The van der Waals surface area contributed by atoms with Gasteiger partial charge in [0.05, 0.1) is 11.2 Å². The van der Waals surface area contributed by atoms with Gasteiger partial charge in [-0.1, -0.05) is 6.07 Å². The van der Waals surface area contributed by atoms with E-state index in [1.54, 1.807) is 0 Å². The van der Waals surface area contributed by atoms with E-state index in [0.29, 0.717) is 12.1 Å². The van der Waals surface area contributed by atoms with Crippen molar-refractivity contribution in [1.82, 2.24) is 0 Å². The van der Waals surface area contributed by atoms with E-state index in [4.69, 9.17) is 0 Å². The fraction of sp³-hybridized carbons (Fsp3) is 0.600. The first kappa shape index (κ1) is 20.7. The van der Waals surface area contributed by atoms with E-state index in [9.17, 15) is 41.7 Å². The van der Waals surface area contributed by atoms with E-state index < -0.39 is 34.7 Å². The van der Waals surface area contributed by atoms with Gasteiger partial charge < -0.3 is 15.3 Å². The molecule has 1 aromatic carbocycles. The van der Waals surface area contributed by atoms with Crippen LogP contribution in [0.2, 0.25) is 0 Å². The molecule has 0 fully saturated rings. The van der Waals surface area contributed by atoms with E-state index in [-0.39, 0.29) is 11.1 Å². The lowest BCUT2D eigenvalue weighted by Crippen LogP contribution is -2.54. The molecule has 0 bridgehead atoms. The number of halogens is 6. The Morgan fingerprint density at radius 1 is 0.583 bits per heavy atom. The fourth-order valence-electron chi connectivity index (χ4n) is 2.03. The second kappa shape index (κ2) is 5.60. The highest BCUT2D eigenvalue weighted by atomic mass is 19.4. The van der Waals surface area contributed by atoms with E-state index in [0.717, 1.165) is 33.8 Å². The Bertz CT molecular complexity index is 559. The van der Waals surface area contributed by atoms with Crippen LogP contribution < -0.4 is 0 Å². The summed E-state index contributed by atoms with van der Waals surface area (Å²) in [5, 5.41) is 29.4. The molecule has 3 nitrogen and oxygen atoms in total. The molecule has 0 aliphatic carbocycles. The lowest BCUT2D eigenvalue weighted by molar-refractivity contribution is -0.376. The first-order valence-corrected chi connectivity index (χ1v) is 6.79. The number of aliphatic hydroxyl groups is 3. The third kappa shape index (κ3) is 3.68. The summed E-state index contributed by atoms with van der Waals surface area (Å²) in [4.78, 5) is 0. The first-order valence-electron chi connectivity index (χ1n) is 6.79. The van der Waals surface area contributed by atoms with Crippen molar-refractivity contribution < 1.29 is 41.7 Å². The van der Waals surface area contributed by atoms with Crippen molar-refractivity contribution in [2.24, 2.45) is 0 Å². The lowest BCUT2D eigenvalue weighted by Gasteiger charge is -2.34. The summed E-state index contributed by atoms with van der Waals surface area (Å²) in [7, 11) is 0. The highest BCUT2D eigenvalue weighted by molar-refractivity contribution is 5.40. The van der Waals surface area contributed by atoms with Crippen molar-refractivity contribution in [2.75, 3.05) is 0 Å². The Labute approximate surface area is 134 Å². The maximum absolute atomic E-state index is 13.0. The van der Waals surface area contributed by atoms with Gasteiger partial charge in [-0.3, -0.25) is 0 Å². The van der Waals surface area contributed by atoms with Crippen LogP contribution in [0.1, 0.15) is 44.4 Å². The fourth-order valence-corrected chi connectivity index (χ4v) is 2.03. The predicted molar refractivity (Wildman–Crippen MR) is 72.9 cm³/mol. The summed E-state index contributed by atoms with van der Waals surface area (Å²) >= 11 is 0. The van der Waals surface area contributed by atoms with Crippen molar-refractivity contribution in [3.8, 4) is 0 Å². The standard InChI is InChI=1S/C15H18F6O3/c1-11(2,22)8-5-9(12(3,4)23)7-10(6-8)13(24,14(16,17)18)15(19,20)21/h5-7,22-24H,1-4H3. The summed E-state index contributed by atoms with van der Waals surface area (Å²) in [6, 6.07) is 1.93. The van der Waals surface area contributed by atoms with Crippen molar-refractivity contribution >= 4 is 0 Å². The van der Waals surface area contributed by atoms with Gasteiger partial charge in [0.25, 0.3) is 5.60 Å². The minimum Gasteiger partial charge on any atom is -0.386 e. The third-order valence-corrected chi connectivity index (χ3v) is 3.58. The minimum atomic E-state index is -6.06. The molecule has 0 spiro atoms. The van der Waals surface area contributed by atoms with E-state index in [1.165, 1.54) is 0 Å². The Kier molecular flexibility index (Phi) is 4.84. The van der Waals surface area contributed by atoms with Gasteiger partial charge in [0, 0.05) is 5.56 Å². The third-order valence-electron chi connectivity index (χ3n) is 3.58. The van der Waals surface area contributed by atoms with E-state index in [1.807, 2.05) is 0 Å². The number of rotatable bonds is 3. The Morgan fingerprint density at radius 3 is 1.04 bits per heavy atom. The normalized spacial score (nSPS) is 14.9. The zero-order valence-electron chi connectivity index (χ0n) is 13.3. The summed E-state index contributed by atoms with van der Waals surface area (Å²) in [6.45, 7) is 4.61. The monoisotopic (exact) mass is 360 g/mol. The summed E-state index contributed by atoms with van der Waals surface area (Å²) < 4.78 is 78.3. The van der Waals surface area contributed by atoms with Gasteiger partial charge >= 0.3 is 12.4 Å². The Balaban J connectivity index is 3.86. The van der Waals surface area contributed by atoms with Gasteiger partial charge in [0.1, 0.15) is 0 Å². The van der Waals surface area contributed by atoms with E-state index in [2.05, 4.69) is 0 Å². The number of hydrogen-bond donors (Lipinski definition) is 3. The van der Waals surface area contributed by atoms with Crippen molar-refractivity contribution in [1.29, 1.82) is 0 Å². The van der Waals surface area contributed by atoms with Crippen LogP contribution in [0.25, 0.3) is 0 Å². The minimum absolute atomic E-state index is 0.316. The first-order chi connectivity index (χ1) is 10.3. The molecular formula is C15H18F6O3. The van der Waals surface area contributed by atoms with Crippen LogP contribution in [0.15, 0.2) is 18.2 Å². The van der Waals surface area contributed by atoms with Crippen LogP contribution in [0.5, 0.6) is 0 Å². The molecule has 0 saturated heterocycles. The van der Waals surface area contributed by atoms with Crippen molar-refractivity contribution in [2.45, 2.75) is 56.9 Å². The largest absolute Gasteiger partial charge is 0.430 e. The maximum Gasteiger partial charge on any atom is 0.430 e. The van der Waals surface area contributed by atoms with Gasteiger partial charge in [0.2, 0.25) is 0 Å². The van der Waals surface area contributed by atoms with Crippen LogP contribution >= 0.6 is 0 Å². The summed E-state index contributed by atoms with van der Waals surface area (Å²) in [5.41, 5.74) is -10.9. The molecule has 24 heavy (non-hydrogen) atoms. The quantitative estimate of drug-likeness (QED) is 0.724. The highest BCUT2D eigenvalue weighted by Gasteiger charge is 2.71. The average Bonchev–Trinajstić information content (AvgIpc) is 2.32. The second-order valence-corrected chi connectivity index (χ2v) is 6.62. The zero-order valence-corrected chi connectivity index (χ0v) is 13.3. The van der Waals surface area contributed by atoms with Gasteiger partial charge in [-0.2, -0.15) is 26.3 Å². The van der Waals surface area contributed by atoms with E-state index >= 15 is 0 Å². The lowest BCUT2D eigenvalue weighted by atomic mass is 9.83. The highest BCUT2D eigenvalue weighted by Crippen LogP contribution is 2.51. The Morgan fingerprint density at radius 2 is 0.833 bits per heavy atom. The molecule has 0 saturated carbocycles. The van der Waals surface area contributed by atoms with Crippen molar-refractivity contribution in [3.05, 3.63) is 34.9 Å².